The lowest BCUT2D eigenvalue weighted by atomic mass is 10.1. The lowest BCUT2D eigenvalue weighted by molar-refractivity contribution is -0.274. The molecule has 2 amide bonds. The van der Waals surface area contributed by atoms with Gasteiger partial charge in [0.05, 0.1) is 6.42 Å². The van der Waals surface area contributed by atoms with Gasteiger partial charge in [-0.25, -0.2) is 4.79 Å². The van der Waals surface area contributed by atoms with Crippen molar-refractivity contribution in [1.29, 1.82) is 0 Å². The Morgan fingerprint density at radius 3 is 2.17 bits per heavy atom. The third-order valence-corrected chi connectivity index (χ3v) is 4.30. The molecular formula is C20H28F3N3O4. The van der Waals surface area contributed by atoms with Crippen molar-refractivity contribution in [2.24, 2.45) is 0 Å². The number of benzene rings is 1. The van der Waals surface area contributed by atoms with Crippen LogP contribution >= 0.6 is 0 Å². The molecule has 0 unspecified atom stereocenters. The Morgan fingerprint density at radius 1 is 1.03 bits per heavy atom. The van der Waals surface area contributed by atoms with Crippen molar-refractivity contribution in [1.82, 2.24) is 15.1 Å². The second kappa shape index (κ2) is 10.0. The SMILES string of the molecule is CC(C)(C)OC(=O)N1CCN(CCNC(=O)Cc2ccc(OC(F)(F)F)cc2)CC1. The van der Waals surface area contributed by atoms with Gasteiger partial charge in [-0.1, -0.05) is 12.1 Å². The highest BCUT2D eigenvalue weighted by Crippen LogP contribution is 2.22. The molecule has 168 valence electrons. The summed E-state index contributed by atoms with van der Waals surface area (Å²) in [6.45, 7) is 9.08. The molecule has 1 aromatic carbocycles. The van der Waals surface area contributed by atoms with Crippen molar-refractivity contribution in [3.05, 3.63) is 29.8 Å². The van der Waals surface area contributed by atoms with Crippen molar-refractivity contribution < 1.29 is 32.2 Å². The molecule has 1 heterocycles. The first-order chi connectivity index (χ1) is 13.9. The van der Waals surface area contributed by atoms with E-state index in [-0.39, 0.29) is 24.2 Å². The van der Waals surface area contributed by atoms with Gasteiger partial charge < -0.3 is 19.7 Å². The van der Waals surface area contributed by atoms with Gasteiger partial charge in [-0.15, -0.1) is 13.2 Å². The summed E-state index contributed by atoms with van der Waals surface area (Å²) in [5.74, 6) is -0.538. The van der Waals surface area contributed by atoms with E-state index in [0.717, 1.165) is 0 Å². The van der Waals surface area contributed by atoms with E-state index in [1.54, 1.807) is 4.90 Å². The molecule has 0 bridgehead atoms. The van der Waals surface area contributed by atoms with Gasteiger partial charge in [-0.2, -0.15) is 0 Å². The van der Waals surface area contributed by atoms with Gasteiger partial charge in [0.15, 0.2) is 0 Å². The predicted octanol–water partition coefficient (Wildman–Crippen LogP) is 2.80. The number of rotatable bonds is 6. The van der Waals surface area contributed by atoms with Crippen LogP contribution in [0.4, 0.5) is 18.0 Å². The van der Waals surface area contributed by atoms with E-state index in [1.165, 1.54) is 24.3 Å². The molecule has 0 aromatic heterocycles. The third kappa shape index (κ3) is 8.89. The number of alkyl halides is 3. The number of amides is 2. The van der Waals surface area contributed by atoms with Crippen LogP contribution < -0.4 is 10.1 Å². The summed E-state index contributed by atoms with van der Waals surface area (Å²) >= 11 is 0. The Kier molecular flexibility index (Phi) is 7.94. The van der Waals surface area contributed by atoms with E-state index in [9.17, 15) is 22.8 Å². The summed E-state index contributed by atoms with van der Waals surface area (Å²) in [6, 6.07) is 5.22. The first-order valence-electron chi connectivity index (χ1n) is 9.73. The molecule has 30 heavy (non-hydrogen) atoms. The Morgan fingerprint density at radius 2 is 1.63 bits per heavy atom. The van der Waals surface area contributed by atoms with Gasteiger partial charge in [-0.3, -0.25) is 9.69 Å². The fraction of sp³-hybridized carbons (Fsp3) is 0.600. The number of piperazine rings is 1. The Bertz CT molecular complexity index is 709. The van der Waals surface area contributed by atoms with Crippen LogP contribution in [0.15, 0.2) is 24.3 Å². The van der Waals surface area contributed by atoms with Crippen LogP contribution in [0.2, 0.25) is 0 Å². The lowest BCUT2D eigenvalue weighted by Gasteiger charge is -2.35. The topological polar surface area (TPSA) is 71.1 Å². The molecule has 0 saturated carbocycles. The monoisotopic (exact) mass is 431 g/mol. The number of hydrogen-bond acceptors (Lipinski definition) is 5. The predicted molar refractivity (Wildman–Crippen MR) is 104 cm³/mol. The summed E-state index contributed by atoms with van der Waals surface area (Å²) in [6.07, 6.45) is -4.99. The highest BCUT2D eigenvalue weighted by molar-refractivity contribution is 5.78. The van der Waals surface area contributed by atoms with E-state index in [0.29, 0.717) is 44.8 Å². The van der Waals surface area contributed by atoms with Crippen molar-refractivity contribution in [3.63, 3.8) is 0 Å². The van der Waals surface area contributed by atoms with Gasteiger partial charge in [0.2, 0.25) is 5.91 Å². The van der Waals surface area contributed by atoms with Crippen LogP contribution in [-0.2, 0) is 16.0 Å². The number of ether oxygens (including phenoxy) is 2. The number of nitrogens with one attached hydrogen (secondary N) is 1. The van der Waals surface area contributed by atoms with E-state index in [4.69, 9.17) is 4.74 Å². The highest BCUT2D eigenvalue weighted by Gasteiger charge is 2.31. The molecule has 2 rings (SSSR count). The summed E-state index contributed by atoms with van der Waals surface area (Å²) in [7, 11) is 0. The molecule has 1 fully saturated rings. The summed E-state index contributed by atoms with van der Waals surface area (Å²) < 4.78 is 45.6. The zero-order valence-electron chi connectivity index (χ0n) is 17.4. The molecule has 1 aliphatic rings. The molecule has 1 N–H and O–H groups in total. The largest absolute Gasteiger partial charge is 0.573 e. The standard InChI is InChI=1S/C20H28F3N3O4/c1-19(2,3)30-18(28)26-12-10-25(11-13-26)9-8-24-17(27)14-15-4-6-16(7-5-15)29-20(21,22)23/h4-7H,8-14H2,1-3H3,(H,24,27). The van der Waals surface area contributed by atoms with Crippen molar-refractivity contribution in [2.45, 2.75) is 39.2 Å². The second-order valence-corrected chi connectivity index (χ2v) is 8.03. The van der Waals surface area contributed by atoms with Crippen LogP contribution in [0.5, 0.6) is 5.75 Å². The zero-order valence-corrected chi connectivity index (χ0v) is 17.4. The summed E-state index contributed by atoms with van der Waals surface area (Å²) in [5, 5.41) is 2.80. The van der Waals surface area contributed by atoms with Crippen molar-refractivity contribution >= 4 is 12.0 Å². The van der Waals surface area contributed by atoms with Gasteiger partial charge in [0, 0.05) is 39.3 Å². The third-order valence-electron chi connectivity index (χ3n) is 4.30. The Balaban J connectivity index is 1.65. The summed E-state index contributed by atoms with van der Waals surface area (Å²) in [4.78, 5) is 27.9. The molecule has 0 radical (unpaired) electrons. The highest BCUT2D eigenvalue weighted by atomic mass is 19.4. The molecule has 1 aromatic rings. The first-order valence-corrected chi connectivity index (χ1v) is 9.73. The fourth-order valence-electron chi connectivity index (χ4n) is 2.89. The fourth-order valence-corrected chi connectivity index (χ4v) is 2.89. The normalized spacial score (nSPS) is 15.6. The van der Waals surface area contributed by atoms with Gasteiger partial charge in [0.25, 0.3) is 0 Å². The maximum absolute atomic E-state index is 12.2. The minimum atomic E-state index is -4.74. The number of carbonyl (C=O) groups is 2. The number of hydrogen-bond donors (Lipinski definition) is 1. The van der Waals surface area contributed by atoms with E-state index in [1.807, 2.05) is 20.8 Å². The number of halogens is 3. The molecule has 0 atom stereocenters. The molecule has 1 saturated heterocycles. The minimum absolute atomic E-state index is 0.0682. The lowest BCUT2D eigenvalue weighted by Crippen LogP contribution is -2.51. The maximum Gasteiger partial charge on any atom is 0.573 e. The van der Waals surface area contributed by atoms with E-state index < -0.39 is 12.0 Å². The Hall–Kier alpha value is -2.49. The maximum atomic E-state index is 12.2. The molecule has 0 aliphatic carbocycles. The average Bonchev–Trinajstić information content (AvgIpc) is 2.61. The van der Waals surface area contributed by atoms with Crippen LogP contribution in [0.3, 0.4) is 0 Å². The molecule has 7 nitrogen and oxygen atoms in total. The van der Waals surface area contributed by atoms with E-state index >= 15 is 0 Å². The molecule has 10 heteroatoms. The van der Waals surface area contributed by atoms with Crippen molar-refractivity contribution in [2.75, 3.05) is 39.3 Å². The van der Waals surface area contributed by atoms with Crippen LogP contribution in [0, 0.1) is 0 Å². The first kappa shape index (κ1) is 23.8. The van der Waals surface area contributed by atoms with Crippen LogP contribution in [0.25, 0.3) is 0 Å². The number of nitrogens with zero attached hydrogens (tertiary/aromatic N) is 2. The molecular weight excluding hydrogens is 403 g/mol. The smallest absolute Gasteiger partial charge is 0.444 e. The quantitative estimate of drug-likeness (QED) is 0.750. The van der Waals surface area contributed by atoms with Gasteiger partial charge in [0.1, 0.15) is 11.4 Å². The van der Waals surface area contributed by atoms with Gasteiger partial charge >= 0.3 is 12.5 Å². The van der Waals surface area contributed by atoms with Crippen molar-refractivity contribution in [3.8, 4) is 5.75 Å². The van der Waals surface area contributed by atoms with Crippen LogP contribution in [-0.4, -0.2) is 73.0 Å². The molecule has 1 aliphatic heterocycles. The zero-order chi connectivity index (χ0) is 22.4. The van der Waals surface area contributed by atoms with Crippen LogP contribution in [0.1, 0.15) is 26.3 Å². The number of carbonyl (C=O) groups excluding carboxylic acids is 2. The summed E-state index contributed by atoms with van der Waals surface area (Å²) in [5.41, 5.74) is 0.0671. The molecule has 0 spiro atoms. The Labute approximate surface area is 174 Å². The van der Waals surface area contributed by atoms with E-state index in [2.05, 4.69) is 15.0 Å². The van der Waals surface area contributed by atoms with Gasteiger partial charge in [-0.05, 0) is 38.5 Å². The average molecular weight is 431 g/mol. The second-order valence-electron chi connectivity index (χ2n) is 8.03. The minimum Gasteiger partial charge on any atom is -0.444 e.